The second-order valence-electron chi connectivity index (χ2n) is 0.912. The molecule has 0 radical (unpaired) electrons. The summed E-state index contributed by atoms with van der Waals surface area (Å²) >= 11 is 3.84. The van der Waals surface area contributed by atoms with Crippen molar-refractivity contribution >= 4 is 27.3 Å². The molecule has 0 fully saturated rings. The lowest BCUT2D eigenvalue weighted by Gasteiger charge is -1.69. The van der Waals surface area contributed by atoms with E-state index >= 15 is 0 Å². The highest BCUT2D eigenvalue weighted by Gasteiger charge is 1.87. The number of halogens is 1. The maximum absolute atomic E-state index is 7.18. The van der Waals surface area contributed by atoms with Crippen molar-refractivity contribution in [1.82, 2.24) is 4.98 Å². The van der Waals surface area contributed by atoms with Gasteiger partial charge in [0.2, 0.25) is 0 Å². The first-order valence-electron chi connectivity index (χ1n) is 3.54. The van der Waals surface area contributed by atoms with Gasteiger partial charge in [0.05, 0.1) is 6.38 Å². The highest BCUT2D eigenvalue weighted by atomic mass is 79.9. The molecule has 0 spiro atoms. The molecule has 1 heterocycles. The normalized spacial score (nSPS) is 19.6. The van der Waals surface area contributed by atoms with E-state index in [2.05, 4.69) is 20.9 Å². The van der Waals surface area contributed by atoms with Crippen LogP contribution in [0.4, 0.5) is 0 Å². The summed E-state index contributed by atoms with van der Waals surface area (Å²) < 4.78 is 28.4. The first-order valence-corrected chi connectivity index (χ1v) is 3.15. The maximum Gasteiger partial charge on any atom is 0.117 e. The van der Waals surface area contributed by atoms with E-state index in [0.29, 0.717) is 4.60 Å². The Balaban J connectivity index is 3.08. The van der Waals surface area contributed by atoms with Gasteiger partial charge in [-0.3, -0.25) is 0 Å². The van der Waals surface area contributed by atoms with Crippen molar-refractivity contribution in [2.24, 2.45) is 0 Å². The van der Waals surface area contributed by atoms with Crippen LogP contribution in [0.15, 0.2) is 9.96 Å². The van der Waals surface area contributed by atoms with Crippen LogP contribution in [0.5, 0.6) is 0 Å². The number of aromatic nitrogens is 1. The van der Waals surface area contributed by atoms with Crippen LogP contribution in [0, 0.1) is 6.85 Å². The zero-order chi connectivity index (χ0) is 8.65. The van der Waals surface area contributed by atoms with Crippen LogP contribution in [-0.2, 0) is 0 Å². The van der Waals surface area contributed by atoms with Gasteiger partial charge < -0.3 is 0 Å². The molecule has 1 aromatic heterocycles. The summed E-state index contributed by atoms with van der Waals surface area (Å²) in [4.78, 5) is 3.67. The van der Waals surface area contributed by atoms with Gasteiger partial charge in [-0.05, 0) is 22.8 Å². The Morgan fingerprint density at radius 2 is 3.14 bits per heavy atom. The lowest BCUT2D eigenvalue weighted by Crippen LogP contribution is -1.61. The fourth-order valence-corrected chi connectivity index (χ4v) is 1.13. The van der Waals surface area contributed by atoms with Crippen molar-refractivity contribution in [3.05, 3.63) is 15.0 Å². The van der Waals surface area contributed by atoms with Gasteiger partial charge in [-0.25, -0.2) is 4.98 Å². The van der Waals surface area contributed by atoms with Crippen molar-refractivity contribution in [2.45, 2.75) is 6.85 Å². The van der Waals surface area contributed by atoms with Gasteiger partial charge in [0, 0.05) is 9.47 Å². The smallest absolute Gasteiger partial charge is 0.117 e. The number of rotatable bonds is 0. The zero-order valence-electron chi connectivity index (χ0n) is 7.23. The van der Waals surface area contributed by atoms with Crippen LogP contribution >= 0.6 is 27.3 Å². The van der Waals surface area contributed by atoms with Crippen molar-refractivity contribution in [2.75, 3.05) is 0 Å². The summed E-state index contributed by atoms with van der Waals surface area (Å²) in [5.74, 6) is 0. The first kappa shape index (κ1) is 2.15. The minimum Gasteiger partial charge on any atom is -0.235 e. The lowest BCUT2D eigenvalue weighted by atomic mass is 10.8. The minimum absolute atomic E-state index is 0.00868. The van der Waals surface area contributed by atoms with E-state index in [0.717, 1.165) is 11.3 Å². The van der Waals surface area contributed by atoms with Crippen LogP contribution in [-0.4, -0.2) is 4.98 Å². The number of aryl methyl sites for hydroxylation is 1. The molecule has 0 aromatic carbocycles. The number of nitrogens with zero attached hydrogens (tertiary/aromatic N) is 1. The van der Waals surface area contributed by atoms with E-state index in [1.807, 2.05) is 0 Å². The summed E-state index contributed by atoms with van der Waals surface area (Å²) in [5, 5.41) is 0.158. The van der Waals surface area contributed by atoms with Gasteiger partial charge in [-0.2, -0.15) is 0 Å². The molecule has 0 saturated carbocycles. The van der Waals surface area contributed by atoms with Crippen molar-refractivity contribution in [3.63, 3.8) is 0 Å². The summed E-state index contributed by atoms with van der Waals surface area (Å²) in [6.07, 6.45) is 0. The maximum atomic E-state index is 7.18. The van der Waals surface area contributed by atoms with Crippen LogP contribution in [0.25, 0.3) is 0 Å². The third kappa shape index (κ3) is 1.24. The Bertz CT molecular complexity index is 248. The minimum atomic E-state index is -2.19. The van der Waals surface area contributed by atoms with E-state index < -0.39 is 6.85 Å². The third-order valence-electron chi connectivity index (χ3n) is 0.432. The Labute approximate surface area is 60.1 Å². The van der Waals surface area contributed by atoms with Crippen molar-refractivity contribution < 1.29 is 5.48 Å². The average molecular weight is 182 g/mol. The molecule has 1 rings (SSSR count). The monoisotopic (exact) mass is 181 g/mol. The molecule has 38 valence electrons. The van der Waals surface area contributed by atoms with Crippen LogP contribution in [0.2, 0.25) is 0 Å². The van der Waals surface area contributed by atoms with Gasteiger partial charge in [0.25, 0.3) is 0 Å². The summed E-state index contributed by atoms with van der Waals surface area (Å²) in [5.41, 5.74) is 0. The standard InChI is InChI=1S/C4H4BrNS/c1-3-6-4(5)2-7-3/h2H,1H3/i1D3,2D. The molecule has 0 aliphatic heterocycles. The molecule has 3 heteroatoms. The molecule has 0 unspecified atom stereocenters. The Kier molecular flexibility index (Phi) is 0.591. The van der Waals surface area contributed by atoms with E-state index in [4.69, 9.17) is 5.48 Å². The van der Waals surface area contributed by atoms with Gasteiger partial charge in [-0.1, -0.05) is 0 Å². The third-order valence-corrected chi connectivity index (χ3v) is 1.65. The molecule has 0 amide bonds. The van der Waals surface area contributed by atoms with E-state index in [9.17, 15) is 0 Å². The van der Waals surface area contributed by atoms with Crippen molar-refractivity contribution in [3.8, 4) is 0 Å². The summed E-state index contributed by atoms with van der Waals surface area (Å²) in [6.45, 7) is -2.19. The fraction of sp³-hybridized carbons (Fsp3) is 0.250. The number of hydrogen-bond donors (Lipinski definition) is 0. The largest absolute Gasteiger partial charge is 0.235 e. The van der Waals surface area contributed by atoms with Gasteiger partial charge in [0.1, 0.15) is 4.60 Å². The second kappa shape index (κ2) is 1.92. The Morgan fingerprint density at radius 1 is 2.29 bits per heavy atom. The first-order chi connectivity index (χ1) is 4.91. The second-order valence-corrected chi connectivity index (χ2v) is 2.46. The van der Waals surface area contributed by atoms with Crippen molar-refractivity contribution in [1.29, 1.82) is 0 Å². The predicted octanol–water partition coefficient (Wildman–Crippen LogP) is 2.21. The molecule has 0 aliphatic carbocycles. The average Bonchev–Trinajstić information content (AvgIpc) is 2.11. The molecule has 0 N–H and O–H groups in total. The molecular weight excluding hydrogens is 174 g/mol. The number of thiazole rings is 1. The molecule has 1 aromatic rings. The van der Waals surface area contributed by atoms with E-state index in [-0.39, 0.29) is 10.4 Å². The van der Waals surface area contributed by atoms with E-state index in [1.54, 1.807) is 0 Å². The topological polar surface area (TPSA) is 12.9 Å². The van der Waals surface area contributed by atoms with Crippen LogP contribution < -0.4 is 0 Å². The van der Waals surface area contributed by atoms with Gasteiger partial charge in [0.15, 0.2) is 0 Å². The molecule has 0 aliphatic rings. The highest BCUT2D eigenvalue weighted by molar-refractivity contribution is 9.10. The van der Waals surface area contributed by atoms with Gasteiger partial charge in [-0.15, -0.1) is 11.3 Å². The molecule has 7 heavy (non-hydrogen) atoms. The highest BCUT2D eigenvalue weighted by Crippen LogP contribution is 2.12. The fourth-order valence-electron chi connectivity index (χ4n) is 0.225. The number of hydrogen-bond acceptors (Lipinski definition) is 2. The SMILES string of the molecule is [2H]c1sc(C([2H])([2H])[2H])nc1Br. The molecule has 1 nitrogen and oxygen atoms in total. The Morgan fingerprint density at radius 3 is 3.43 bits per heavy atom. The Hall–Kier alpha value is 0.110. The van der Waals surface area contributed by atoms with Crippen LogP contribution in [0.3, 0.4) is 0 Å². The van der Waals surface area contributed by atoms with E-state index in [1.165, 1.54) is 0 Å². The molecule has 0 bridgehead atoms. The summed E-state index contributed by atoms with van der Waals surface area (Å²) in [7, 11) is 0. The summed E-state index contributed by atoms with van der Waals surface area (Å²) in [6, 6.07) is 0. The quantitative estimate of drug-likeness (QED) is 0.599. The van der Waals surface area contributed by atoms with Crippen LogP contribution in [0.1, 0.15) is 10.5 Å². The lowest BCUT2D eigenvalue weighted by molar-refractivity contribution is 1.26. The predicted molar refractivity (Wildman–Crippen MR) is 34.6 cm³/mol. The molecule has 0 saturated heterocycles. The van der Waals surface area contributed by atoms with Gasteiger partial charge >= 0.3 is 0 Å². The molecule has 0 atom stereocenters. The zero-order valence-corrected chi connectivity index (χ0v) is 5.64. The molecular formula is C4H4BrNS.